The van der Waals surface area contributed by atoms with Crippen molar-refractivity contribution in [2.75, 3.05) is 11.5 Å². The normalized spacial score (nSPS) is 26.8. The molecule has 1 aromatic carbocycles. The summed E-state index contributed by atoms with van der Waals surface area (Å²) in [5.41, 5.74) is 0.0665. The van der Waals surface area contributed by atoms with Gasteiger partial charge in [-0.15, -0.1) is 0 Å². The molecule has 0 spiro atoms. The zero-order valence-electron chi connectivity index (χ0n) is 9.40. The van der Waals surface area contributed by atoms with E-state index in [-0.39, 0.29) is 16.1 Å². The highest BCUT2D eigenvalue weighted by Crippen LogP contribution is 2.39. The van der Waals surface area contributed by atoms with Crippen LogP contribution in [0.3, 0.4) is 0 Å². The maximum atomic E-state index is 13.6. The van der Waals surface area contributed by atoms with Crippen LogP contribution in [0.25, 0.3) is 0 Å². The van der Waals surface area contributed by atoms with E-state index in [9.17, 15) is 13.9 Å². The fourth-order valence-electron chi connectivity index (χ4n) is 1.92. The van der Waals surface area contributed by atoms with Gasteiger partial charge in [-0.25, -0.2) is 8.78 Å². The Balaban J connectivity index is 2.23. The molecule has 1 saturated heterocycles. The van der Waals surface area contributed by atoms with Crippen LogP contribution in [0, 0.1) is 11.6 Å². The van der Waals surface area contributed by atoms with Crippen LogP contribution in [-0.2, 0) is 0 Å². The van der Waals surface area contributed by atoms with E-state index in [1.807, 2.05) is 6.92 Å². The zero-order chi connectivity index (χ0) is 12.4. The number of aliphatic hydroxyl groups excluding tert-OH is 1. The molecule has 1 nitrogen and oxygen atoms in total. The molecule has 1 N–H and O–H groups in total. The van der Waals surface area contributed by atoms with E-state index in [1.54, 1.807) is 23.5 Å². The van der Waals surface area contributed by atoms with Crippen molar-refractivity contribution in [3.8, 4) is 0 Å². The summed E-state index contributed by atoms with van der Waals surface area (Å²) in [7, 11) is 0. The number of hydrogen-bond acceptors (Lipinski definition) is 3. The Labute approximate surface area is 108 Å². The van der Waals surface area contributed by atoms with Crippen LogP contribution in [0.15, 0.2) is 18.2 Å². The Morgan fingerprint density at radius 3 is 2.71 bits per heavy atom. The molecule has 5 heteroatoms. The molecule has 0 saturated carbocycles. The largest absolute Gasteiger partial charge is 0.387 e. The average Bonchev–Trinajstić information content (AvgIpc) is 2.32. The van der Waals surface area contributed by atoms with Gasteiger partial charge < -0.3 is 5.11 Å². The van der Waals surface area contributed by atoms with Crippen molar-refractivity contribution in [2.45, 2.75) is 23.5 Å². The summed E-state index contributed by atoms with van der Waals surface area (Å²) in [5, 5.41) is 10.3. The lowest BCUT2D eigenvalue weighted by atomic mass is 10.0. The summed E-state index contributed by atoms with van der Waals surface area (Å²) in [6, 6.07) is 3.95. The Bertz CT molecular complexity index is 400. The number of halogens is 2. The fraction of sp³-hybridized carbons (Fsp3) is 0.500. The van der Waals surface area contributed by atoms with Crippen LogP contribution in [-0.4, -0.2) is 27.1 Å². The Morgan fingerprint density at radius 2 is 2.00 bits per heavy atom. The van der Waals surface area contributed by atoms with Crippen LogP contribution in [0.4, 0.5) is 8.78 Å². The molecule has 1 aliphatic rings. The molecule has 1 fully saturated rings. The van der Waals surface area contributed by atoms with E-state index in [0.29, 0.717) is 0 Å². The molecule has 17 heavy (non-hydrogen) atoms. The standard InChI is InChI=1S/C12H14F2OS2/c1-7-12(17-6-5-16-7)11(15)8-3-2-4-9(13)10(8)14/h2-4,7,11-12,15H,5-6H2,1H3. The number of thioether (sulfide) groups is 2. The Morgan fingerprint density at radius 1 is 1.29 bits per heavy atom. The number of aliphatic hydroxyl groups is 1. The first-order chi connectivity index (χ1) is 8.11. The van der Waals surface area contributed by atoms with Crippen molar-refractivity contribution in [2.24, 2.45) is 0 Å². The van der Waals surface area contributed by atoms with Gasteiger partial charge in [-0.1, -0.05) is 19.1 Å². The molecule has 0 aromatic heterocycles. The molecule has 1 heterocycles. The first kappa shape index (κ1) is 13.2. The molecule has 0 bridgehead atoms. The summed E-state index contributed by atoms with van der Waals surface area (Å²) in [6.07, 6.45) is -0.946. The number of rotatable bonds is 2. The summed E-state index contributed by atoms with van der Waals surface area (Å²) >= 11 is 3.39. The molecule has 0 aliphatic carbocycles. The van der Waals surface area contributed by atoms with Gasteiger partial charge in [0.15, 0.2) is 11.6 Å². The van der Waals surface area contributed by atoms with E-state index in [2.05, 4.69) is 0 Å². The lowest BCUT2D eigenvalue weighted by molar-refractivity contribution is 0.168. The summed E-state index contributed by atoms with van der Waals surface area (Å²) < 4.78 is 26.7. The average molecular weight is 276 g/mol. The van der Waals surface area contributed by atoms with Crippen molar-refractivity contribution in [3.05, 3.63) is 35.4 Å². The predicted molar refractivity (Wildman–Crippen MR) is 69.5 cm³/mol. The number of benzene rings is 1. The van der Waals surface area contributed by atoms with Crippen LogP contribution < -0.4 is 0 Å². The van der Waals surface area contributed by atoms with Gasteiger partial charge in [-0.05, 0) is 6.07 Å². The molecular formula is C12H14F2OS2. The van der Waals surface area contributed by atoms with E-state index >= 15 is 0 Å². The van der Waals surface area contributed by atoms with Crippen LogP contribution >= 0.6 is 23.5 Å². The molecular weight excluding hydrogens is 262 g/mol. The maximum absolute atomic E-state index is 13.6. The maximum Gasteiger partial charge on any atom is 0.164 e. The fourth-order valence-corrected chi connectivity index (χ4v) is 4.75. The van der Waals surface area contributed by atoms with Crippen LogP contribution in [0.2, 0.25) is 0 Å². The second kappa shape index (κ2) is 5.59. The van der Waals surface area contributed by atoms with Gasteiger partial charge in [0.25, 0.3) is 0 Å². The topological polar surface area (TPSA) is 20.2 Å². The van der Waals surface area contributed by atoms with Gasteiger partial charge in [0.05, 0.1) is 6.10 Å². The Hall–Kier alpha value is -0.260. The minimum Gasteiger partial charge on any atom is -0.387 e. The van der Waals surface area contributed by atoms with Crippen molar-refractivity contribution in [1.29, 1.82) is 0 Å². The summed E-state index contributed by atoms with van der Waals surface area (Å²) in [6.45, 7) is 2.02. The third-order valence-electron chi connectivity index (χ3n) is 2.85. The molecule has 1 aliphatic heterocycles. The summed E-state index contributed by atoms with van der Waals surface area (Å²) in [4.78, 5) is 0. The molecule has 94 valence electrons. The zero-order valence-corrected chi connectivity index (χ0v) is 11.0. The van der Waals surface area contributed by atoms with Gasteiger partial charge in [0.2, 0.25) is 0 Å². The highest BCUT2D eigenvalue weighted by molar-refractivity contribution is 8.07. The minimum atomic E-state index is -0.946. The van der Waals surface area contributed by atoms with Crippen molar-refractivity contribution in [3.63, 3.8) is 0 Å². The first-order valence-corrected chi connectivity index (χ1v) is 7.56. The highest BCUT2D eigenvalue weighted by Gasteiger charge is 2.32. The molecule has 2 rings (SSSR count). The quantitative estimate of drug-likeness (QED) is 0.895. The third kappa shape index (κ3) is 2.77. The van der Waals surface area contributed by atoms with Gasteiger partial charge in [0, 0.05) is 27.6 Å². The van der Waals surface area contributed by atoms with Gasteiger partial charge in [-0.2, -0.15) is 23.5 Å². The number of hydrogen-bond donors (Lipinski definition) is 1. The minimum absolute atomic E-state index is 0.0665. The SMILES string of the molecule is CC1SCCSC1C(O)c1cccc(F)c1F. The van der Waals surface area contributed by atoms with Crippen molar-refractivity contribution in [1.82, 2.24) is 0 Å². The van der Waals surface area contributed by atoms with Gasteiger partial charge in [-0.3, -0.25) is 0 Å². The van der Waals surface area contributed by atoms with E-state index in [1.165, 1.54) is 12.1 Å². The van der Waals surface area contributed by atoms with Gasteiger partial charge >= 0.3 is 0 Å². The predicted octanol–water partition coefficient (Wildman–Crippen LogP) is 3.24. The summed E-state index contributed by atoms with van der Waals surface area (Å²) in [5.74, 6) is 0.153. The molecule has 1 aromatic rings. The van der Waals surface area contributed by atoms with E-state index in [0.717, 1.165) is 17.6 Å². The highest BCUT2D eigenvalue weighted by atomic mass is 32.2. The van der Waals surface area contributed by atoms with E-state index in [4.69, 9.17) is 0 Å². The molecule has 3 atom stereocenters. The smallest absolute Gasteiger partial charge is 0.164 e. The Kier molecular flexibility index (Phi) is 4.33. The second-order valence-electron chi connectivity index (χ2n) is 4.00. The van der Waals surface area contributed by atoms with Crippen LogP contribution in [0.1, 0.15) is 18.6 Å². The second-order valence-corrected chi connectivity index (χ2v) is 6.77. The van der Waals surface area contributed by atoms with Crippen molar-refractivity contribution >= 4 is 23.5 Å². The lowest BCUT2D eigenvalue weighted by Crippen LogP contribution is -2.30. The third-order valence-corrected chi connectivity index (χ3v) is 6.03. The molecule has 3 unspecified atom stereocenters. The van der Waals surface area contributed by atoms with E-state index < -0.39 is 17.7 Å². The van der Waals surface area contributed by atoms with Crippen molar-refractivity contribution < 1.29 is 13.9 Å². The molecule has 0 amide bonds. The molecule has 0 radical (unpaired) electrons. The monoisotopic (exact) mass is 276 g/mol. The first-order valence-electron chi connectivity index (χ1n) is 5.46. The van der Waals surface area contributed by atoms with Crippen LogP contribution in [0.5, 0.6) is 0 Å². The lowest BCUT2D eigenvalue weighted by Gasteiger charge is -2.31. The van der Waals surface area contributed by atoms with Gasteiger partial charge in [0.1, 0.15) is 0 Å².